The van der Waals surface area contributed by atoms with E-state index in [-0.39, 0.29) is 23.8 Å². The van der Waals surface area contributed by atoms with Crippen LogP contribution in [0.1, 0.15) is 31.4 Å². The highest BCUT2D eigenvalue weighted by Crippen LogP contribution is 2.36. The summed E-state index contributed by atoms with van der Waals surface area (Å²) < 4.78 is 8.49. The highest BCUT2D eigenvalue weighted by atomic mass is 35.5. The number of likely N-dealkylation sites (tertiary alicyclic amines) is 1. The first-order valence-corrected chi connectivity index (χ1v) is 11.6. The number of hydrogen-bond donors (Lipinski definition) is 1. The van der Waals surface area contributed by atoms with Crippen molar-refractivity contribution in [3.05, 3.63) is 69.0 Å². The van der Waals surface area contributed by atoms with Gasteiger partial charge < -0.3 is 10.1 Å². The van der Waals surface area contributed by atoms with E-state index in [1.54, 1.807) is 18.2 Å². The first kappa shape index (κ1) is 26.7. The van der Waals surface area contributed by atoms with Gasteiger partial charge in [-0.15, -0.1) is 17.3 Å². The molecule has 1 aliphatic heterocycles. The lowest BCUT2D eigenvalue weighted by molar-refractivity contribution is -0.145. The van der Waals surface area contributed by atoms with E-state index in [4.69, 9.17) is 27.9 Å². The first-order valence-electron chi connectivity index (χ1n) is 10.1. The fraction of sp³-hybridized carbons (Fsp3) is 0.409. The van der Waals surface area contributed by atoms with Crippen molar-refractivity contribution in [2.24, 2.45) is 4.58 Å². The Balaban J connectivity index is 0.00000363. The highest BCUT2D eigenvalue weighted by molar-refractivity contribution is 7.99. The summed E-state index contributed by atoms with van der Waals surface area (Å²) in [5, 5.41) is 4.01. The predicted octanol–water partition coefficient (Wildman–Crippen LogP) is 6.38. The van der Waals surface area contributed by atoms with Crippen molar-refractivity contribution < 1.29 is 9.53 Å². The number of hydrogen-bond acceptors (Lipinski definition) is 7. The quantitative estimate of drug-likeness (QED) is 0.236. The average molecular weight is 519 g/mol. The number of anilines is 1. The maximum atomic E-state index is 13.0. The van der Waals surface area contributed by atoms with Crippen molar-refractivity contribution >= 4 is 59.2 Å². The smallest absolute Gasteiger partial charge is 0.333 e. The van der Waals surface area contributed by atoms with Crippen LogP contribution in [0.4, 0.5) is 5.69 Å². The molecule has 0 aliphatic carbocycles. The van der Waals surface area contributed by atoms with Crippen molar-refractivity contribution in [3.63, 3.8) is 0 Å². The average Bonchev–Trinajstić information content (AvgIpc) is 2.76. The molecule has 0 spiro atoms. The second-order valence-electron chi connectivity index (χ2n) is 7.71. The topological polar surface area (TPSA) is 71.0 Å². The summed E-state index contributed by atoms with van der Waals surface area (Å²) in [5.41, 5.74) is 1.25. The molecular formula is C22H26Cl3N3O3S. The maximum absolute atomic E-state index is 13.0. The molecular weight excluding hydrogens is 493 g/mol. The molecule has 0 aromatic heterocycles. The third kappa shape index (κ3) is 7.25. The predicted molar refractivity (Wildman–Crippen MR) is 135 cm³/mol. The Bertz CT molecular complexity index is 876. The van der Waals surface area contributed by atoms with Crippen LogP contribution in [0.25, 0.3) is 0 Å². The molecule has 0 saturated carbocycles. The van der Waals surface area contributed by atoms with Crippen LogP contribution in [0.15, 0.2) is 53.1 Å². The number of nitroso groups, excluding NO2 is 1. The molecule has 1 N–H and O–H groups in total. The molecule has 6 nitrogen and oxygen atoms in total. The van der Waals surface area contributed by atoms with Gasteiger partial charge in [0.25, 0.3) is 0 Å². The van der Waals surface area contributed by atoms with Gasteiger partial charge in [-0.3, -0.25) is 4.90 Å². The monoisotopic (exact) mass is 517 g/mol. The second-order valence-corrected chi connectivity index (χ2v) is 9.84. The van der Waals surface area contributed by atoms with Gasteiger partial charge in [0.15, 0.2) is 6.04 Å². The van der Waals surface area contributed by atoms with Crippen LogP contribution in [0.5, 0.6) is 0 Å². The molecule has 0 bridgehead atoms. The molecule has 0 amide bonds. The summed E-state index contributed by atoms with van der Waals surface area (Å²) in [5.74, 6) is -0.398. The lowest BCUT2D eigenvalue weighted by atomic mass is 9.98. The van der Waals surface area contributed by atoms with Gasteiger partial charge in [0.05, 0.1) is 15.7 Å². The van der Waals surface area contributed by atoms with E-state index in [9.17, 15) is 9.70 Å². The Labute approximate surface area is 208 Å². The van der Waals surface area contributed by atoms with Gasteiger partial charge in [-0.25, -0.2) is 4.79 Å². The van der Waals surface area contributed by atoms with Crippen LogP contribution >= 0.6 is 47.6 Å². The summed E-state index contributed by atoms with van der Waals surface area (Å²) >= 11 is 13.7. The number of nitrogens with zero attached hydrogens (tertiary/aromatic N) is 2. The molecule has 0 radical (unpaired) electrons. The van der Waals surface area contributed by atoms with Gasteiger partial charge in [0.2, 0.25) is 0 Å². The lowest BCUT2D eigenvalue weighted by Gasteiger charge is -2.36. The zero-order valence-electron chi connectivity index (χ0n) is 17.6. The number of carbonyl (C=O) groups is 1. The molecule has 2 aromatic carbocycles. The molecule has 2 aromatic rings. The number of ether oxygens (including phenoxy) is 1. The van der Waals surface area contributed by atoms with Crippen LogP contribution in [-0.2, 0) is 9.53 Å². The van der Waals surface area contributed by atoms with Crippen molar-refractivity contribution in [3.8, 4) is 0 Å². The number of esters is 1. The third-order valence-corrected chi connectivity index (χ3v) is 7.00. The minimum atomic E-state index is -0.738. The number of nitrogens with one attached hydrogen (secondary N) is 1. The number of halogens is 3. The van der Waals surface area contributed by atoms with Crippen molar-refractivity contribution in [2.45, 2.75) is 30.6 Å². The van der Waals surface area contributed by atoms with Crippen molar-refractivity contribution in [1.82, 2.24) is 4.90 Å². The van der Waals surface area contributed by atoms with Gasteiger partial charge in [-0.05, 0) is 50.6 Å². The van der Waals surface area contributed by atoms with Gasteiger partial charge >= 0.3 is 5.97 Å². The van der Waals surface area contributed by atoms with Crippen molar-refractivity contribution in [2.75, 3.05) is 31.6 Å². The highest BCUT2D eigenvalue weighted by Gasteiger charge is 2.32. The number of piperidine rings is 1. The Morgan fingerprint density at radius 2 is 1.78 bits per heavy atom. The van der Waals surface area contributed by atoms with Gasteiger partial charge in [0.1, 0.15) is 6.61 Å². The Morgan fingerprint density at radius 1 is 1.16 bits per heavy atom. The molecule has 1 atom stereocenters. The van der Waals surface area contributed by atoms with Crippen LogP contribution in [0.3, 0.4) is 0 Å². The third-order valence-electron chi connectivity index (χ3n) is 5.44. The zero-order chi connectivity index (χ0) is 22.3. The van der Waals surface area contributed by atoms with Gasteiger partial charge in [-0.1, -0.05) is 59.6 Å². The van der Waals surface area contributed by atoms with E-state index in [1.165, 1.54) is 0 Å². The normalized spacial score (nSPS) is 16.5. The Hall–Kier alpha value is -1.51. The van der Waals surface area contributed by atoms with E-state index >= 15 is 0 Å². The Kier molecular flexibility index (Phi) is 10.6. The van der Waals surface area contributed by atoms with Gasteiger partial charge in [0, 0.05) is 27.8 Å². The molecule has 1 saturated heterocycles. The molecule has 1 fully saturated rings. The SMILES string of the molecule is CC1(SN=O)CCN(CCOC(=O)C(Nc2c(Cl)cccc2Cl)c2ccccc2)CC1.Cl. The van der Waals surface area contributed by atoms with E-state index in [0.29, 0.717) is 22.3 Å². The van der Waals surface area contributed by atoms with E-state index in [0.717, 1.165) is 43.4 Å². The van der Waals surface area contributed by atoms with Crippen molar-refractivity contribution in [1.29, 1.82) is 0 Å². The Morgan fingerprint density at radius 3 is 2.38 bits per heavy atom. The minimum Gasteiger partial charge on any atom is -0.463 e. The van der Waals surface area contributed by atoms with E-state index in [1.807, 2.05) is 30.3 Å². The van der Waals surface area contributed by atoms with E-state index < -0.39 is 12.0 Å². The molecule has 32 heavy (non-hydrogen) atoms. The van der Waals surface area contributed by atoms with Crippen LogP contribution < -0.4 is 5.32 Å². The van der Waals surface area contributed by atoms with Crippen LogP contribution in [0, 0.1) is 4.91 Å². The standard InChI is InChI=1S/C22H25Cl2N3O3S.ClH/c1-22(31-26-29)10-12-27(13-11-22)14-15-30-21(28)19(16-6-3-2-4-7-16)25-20-17(23)8-5-9-18(20)24;/h2-9,19,25H,10-15H2,1H3;1H. The first-order chi connectivity index (χ1) is 14.9. The van der Waals surface area contributed by atoms with Gasteiger partial charge in [-0.2, -0.15) is 0 Å². The minimum absolute atomic E-state index is 0. The lowest BCUT2D eigenvalue weighted by Crippen LogP contribution is -2.42. The van der Waals surface area contributed by atoms with Crippen LogP contribution in [0.2, 0.25) is 10.0 Å². The summed E-state index contributed by atoms with van der Waals surface area (Å²) in [6, 6.07) is 13.8. The maximum Gasteiger partial charge on any atom is 0.333 e. The molecule has 174 valence electrons. The molecule has 10 heteroatoms. The number of para-hydroxylation sites is 1. The largest absolute Gasteiger partial charge is 0.463 e. The molecule has 1 aliphatic rings. The number of carbonyl (C=O) groups excluding carboxylic acids is 1. The fourth-order valence-electron chi connectivity index (χ4n) is 3.49. The molecule has 1 unspecified atom stereocenters. The summed E-state index contributed by atoms with van der Waals surface area (Å²) in [7, 11) is 0. The summed E-state index contributed by atoms with van der Waals surface area (Å²) in [4.78, 5) is 25.8. The number of rotatable bonds is 9. The molecule has 1 heterocycles. The summed E-state index contributed by atoms with van der Waals surface area (Å²) in [6.45, 7) is 4.65. The van der Waals surface area contributed by atoms with E-state index in [2.05, 4.69) is 21.7 Å². The number of benzene rings is 2. The zero-order valence-corrected chi connectivity index (χ0v) is 20.8. The fourth-order valence-corrected chi connectivity index (χ4v) is 4.55. The summed E-state index contributed by atoms with van der Waals surface area (Å²) in [6.07, 6.45) is 1.74. The molecule has 3 rings (SSSR count). The van der Waals surface area contributed by atoms with Crippen LogP contribution in [-0.4, -0.2) is 41.9 Å². The second kappa shape index (κ2) is 12.7.